The average molecular weight is 450 g/mol. The average Bonchev–Trinajstić information content (AvgIpc) is 3.33. The Morgan fingerprint density at radius 1 is 1.28 bits per heavy atom. The van der Waals surface area contributed by atoms with E-state index in [1.54, 1.807) is 6.92 Å². The molecule has 0 unspecified atom stereocenters. The summed E-state index contributed by atoms with van der Waals surface area (Å²) >= 11 is 0. The third kappa shape index (κ3) is 4.13. The summed E-state index contributed by atoms with van der Waals surface area (Å²) in [5.41, 5.74) is 0.185. The number of carbonyl (C=O) groups is 1. The fourth-order valence-electron chi connectivity index (χ4n) is 3.24. The number of fused-ring (bicyclic) bond motifs is 1. The third-order valence-electron chi connectivity index (χ3n) is 4.79. The first kappa shape index (κ1) is 21.7. The van der Waals surface area contributed by atoms with Gasteiger partial charge in [0.05, 0.1) is 36.4 Å². The minimum atomic E-state index is -4.63. The fourth-order valence-corrected chi connectivity index (χ4v) is 3.24. The van der Waals surface area contributed by atoms with E-state index >= 15 is 0 Å². The summed E-state index contributed by atoms with van der Waals surface area (Å²) in [6.07, 6.45) is -2.00. The summed E-state index contributed by atoms with van der Waals surface area (Å²) in [4.78, 5) is 26.1. The second kappa shape index (κ2) is 7.86. The van der Waals surface area contributed by atoms with Crippen molar-refractivity contribution in [2.24, 2.45) is 4.99 Å². The quantitative estimate of drug-likeness (QED) is 0.450. The van der Waals surface area contributed by atoms with Crippen LogP contribution >= 0.6 is 0 Å². The van der Waals surface area contributed by atoms with Gasteiger partial charge in [0.25, 0.3) is 5.91 Å². The molecule has 0 radical (unpaired) electrons. The van der Waals surface area contributed by atoms with Gasteiger partial charge in [-0.05, 0) is 12.1 Å². The zero-order valence-corrected chi connectivity index (χ0v) is 17.3. The van der Waals surface area contributed by atoms with Gasteiger partial charge in [-0.1, -0.05) is 0 Å². The number of hydrogen-bond acceptors (Lipinski definition) is 6. The van der Waals surface area contributed by atoms with Gasteiger partial charge in [-0.25, -0.2) is 19.4 Å². The van der Waals surface area contributed by atoms with Crippen LogP contribution in [-0.4, -0.2) is 62.9 Å². The van der Waals surface area contributed by atoms with E-state index in [0.29, 0.717) is 5.89 Å². The van der Waals surface area contributed by atoms with Crippen LogP contribution in [0.3, 0.4) is 0 Å². The van der Waals surface area contributed by atoms with Crippen molar-refractivity contribution in [3.63, 3.8) is 0 Å². The Morgan fingerprint density at radius 3 is 2.62 bits per heavy atom. The topological polar surface area (TPSA) is 79.8 Å². The van der Waals surface area contributed by atoms with Crippen LogP contribution < -0.4 is 0 Å². The number of benzene rings is 1. The van der Waals surface area contributed by atoms with E-state index in [9.17, 15) is 22.4 Å². The minimum Gasteiger partial charge on any atom is -0.441 e. The number of halogens is 4. The first-order chi connectivity index (χ1) is 15.0. The normalized spacial score (nSPS) is 15.8. The van der Waals surface area contributed by atoms with Crippen LogP contribution in [0.2, 0.25) is 0 Å². The Labute approximate surface area is 179 Å². The molecule has 0 aliphatic carbocycles. The van der Waals surface area contributed by atoms with E-state index in [-0.39, 0.29) is 39.1 Å². The molecule has 1 amide bonds. The summed E-state index contributed by atoms with van der Waals surface area (Å²) in [6.45, 7) is 0.485. The molecule has 1 aliphatic heterocycles. The van der Waals surface area contributed by atoms with Crippen LogP contribution in [0, 0.1) is 12.7 Å². The van der Waals surface area contributed by atoms with E-state index in [1.807, 2.05) is 0 Å². The predicted octanol–water partition coefficient (Wildman–Crippen LogP) is 3.60. The van der Waals surface area contributed by atoms with E-state index in [2.05, 4.69) is 15.0 Å². The Bertz CT molecular complexity index is 1210. The Morgan fingerprint density at radius 2 is 2.03 bits per heavy atom. The van der Waals surface area contributed by atoms with Gasteiger partial charge in [-0.2, -0.15) is 18.1 Å². The molecule has 4 rings (SSSR count). The highest BCUT2D eigenvalue weighted by Crippen LogP contribution is 2.30. The van der Waals surface area contributed by atoms with Gasteiger partial charge in [-0.3, -0.25) is 4.79 Å². The standard InChI is InChI=1S/C20H18F4N6O2/c1-11-25-7-17(32-11)13-5-4-12(6-14(13)21)26-15-9-30(20(22,23)24)10-29-8-16(27-18(15)29)19(31)28(2)3/h4-8H,9-10H2,1-3H3. The maximum Gasteiger partial charge on any atom is 0.461 e. The summed E-state index contributed by atoms with van der Waals surface area (Å²) in [7, 11) is 3.02. The molecule has 2 aromatic heterocycles. The highest BCUT2D eigenvalue weighted by Gasteiger charge is 2.41. The molecule has 0 saturated carbocycles. The number of nitrogens with zero attached hydrogens (tertiary/aromatic N) is 6. The van der Waals surface area contributed by atoms with Gasteiger partial charge in [0.2, 0.25) is 0 Å². The van der Waals surface area contributed by atoms with E-state index < -0.39 is 31.2 Å². The second-order valence-electron chi connectivity index (χ2n) is 7.39. The molecule has 1 aliphatic rings. The molecular weight excluding hydrogens is 432 g/mol. The second-order valence-corrected chi connectivity index (χ2v) is 7.39. The lowest BCUT2D eigenvalue weighted by molar-refractivity contribution is -0.251. The number of oxazole rings is 1. The number of aromatic nitrogens is 3. The maximum absolute atomic E-state index is 14.6. The van der Waals surface area contributed by atoms with Crippen molar-refractivity contribution in [1.29, 1.82) is 0 Å². The molecule has 0 bridgehead atoms. The molecule has 3 heterocycles. The summed E-state index contributed by atoms with van der Waals surface area (Å²) < 4.78 is 61.5. The van der Waals surface area contributed by atoms with Crippen LogP contribution in [0.25, 0.3) is 11.3 Å². The number of carbonyl (C=O) groups excluding carboxylic acids is 1. The van der Waals surface area contributed by atoms with Crippen molar-refractivity contribution in [2.45, 2.75) is 19.9 Å². The van der Waals surface area contributed by atoms with Gasteiger partial charge in [0.15, 0.2) is 17.5 Å². The number of hydrogen-bond donors (Lipinski definition) is 0. The largest absolute Gasteiger partial charge is 0.461 e. The Hall–Kier alpha value is -3.54. The Balaban J connectivity index is 1.74. The number of alkyl halides is 3. The van der Waals surface area contributed by atoms with Crippen LogP contribution in [0.1, 0.15) is 22.2 Å². The van der Waals surface area contributed by atoms with Crippen molar-refractivity contribution in [2.75, 3.05) is 20.6 Å². The molecular formula is C20H18F4N6O2. The third-order valence-corrected chi connectivity index (χ3v) is 4.79. The summed E-state index contributed by atoms with van der Waals surface area (Å²) in [5, 5.41) is 0. The highest BCUT2D eigenvalue weighted by atomic mass is 19.4. The van der Waals surface area contributed by atoms with Crippen molar-refractivity contribution in [3.05, 3.63) is 53.8 Å². The Kier molecular flexibility index (Phi) is 5.33. The van der Waals surface area contributed by atoms with Gasteiger partial charge in [0.1, 0.15) is 11.5 Å². The molecule has 0 N–H and O–H groups in total. The van der Waals surface area contributed by atoms with Crippen LogP contribution in [0.5, 0.6) is 0 Å². The number of aryl methyl sites for hydroxylation is 1. The smallest absolute Gasteiger partial charge is 0.441 e. The molecule has 1 aromatic carbocycles. The molecule has 3 aromatic rings. The van der Waals surface area contributed by atoms with Gasteiger partial charge in [-0.15, -0.1) is 0 Å². The lowest BCUT2D eigenvalue weighted by atomic mass is 10.1. The lowest BCUT2D eigenvalue weighted by Crippen LogP contribution is -2.47. The summed E-state index contributed by atoms with van der Waals surface area (Å²) in [5.74, 6) is -0.414. The molecule has 32 heavy (non-hydrogen) atoms. The number of aliphatic imine (C=N–C) groups is 1. The molecule has 8 nitrogen and oxygen atoms in total. The first-order valence-electron chi connectivity index (χ1n) is 9.44. The van der Waals surface area contributed by atoms with E-state index in [1.165, 1.54) is 48.1 Å². The number of rotatable bonds is 3. The van der Waals surface area contributed by atoms with Crippen molar-refractivity contribution in [3.8, 4) is 11.3 Å². The van der Waals surface area contributed by atoms with Crippen molar-refractivity contribution >= 4 is 17.3 Å². The molecule has 12 heteroatoms. The maximum atomic E-state index is 14.6. The van der Waals surface area contributed by atoms with Crippen LogP contribution in [0.4, 0.5) is 23.2 Å². The highest BCUT2D eigenvalue weighted by molar-refractivity contribution is 6.03. The van der Waals surface area contributed by atoms with Gasteiger partial charge >= 0.3 is 6.30 Å². The van der Waals surface area contributed by atoms with Crippen molar-refractivity contribution in [1.82, 2.24) is 24.3 Å². The van der Waals surface area contributed by atoms with Crippen LogP contribution in [0.15, 0.2) is 40.0 Å². The molecule has 168 valence electrons. The number of imidazole rings is 1. The molecule has 0 spiro atoms. The van der Waals surface area contributed by atoms with Gasteiger partial charge < -0.3 is 13.9 Å². The van der Waals surface area contributed by atoms with Crippen LogP contribution in [-0.2, 0) is 6.67 Å². The lowest BCUT2D eigenvalue weighted by Gasteiger charge is -2.30. The van der Waals surface area contributed by atoms with Gasteiger partial charge in [0, 0.05) is 33.3 Å². The zero-order valence-electron chi connectivity index (χ0n) is 17.3. The molecule has 0 saturated heterocycles. The number of amides is 1. The fraction of sp³-hybridized carbons (Fsp3) is 0.300. The summed E-state index contributed by atoms with van der Waals surface area (Å²) in [6, 6.07) is 3.95. The monoisotopic (exact) mass is 450 g/mol. The van der Waals surface area contributed by atoms with E-state index in [4.69, 9.17) is 4.42 Å². The molecule has 0 fully saturated rings. The SMILES string of the molecule is Cc1ncc(-c2ccc(N=C3CN(C(F)(F)F)Cn4cc(C(=O)N(C)C)nc43)cc2F)o1. The minimum absolute atomic E-state index is 0.0102. The van der Waals surface area contributed by atoms with E-state index in [0.717, 1.165) is 6.07 Å². The van der Waals surface area contributed by atoms with Crippen molar-refractivity contribution < 1.29 is 26.8 Å². The predicted molar refractivity (Wildman–Crippen MR) is 106 cm³/mol. The zero-order chi connectivity index (χ0) is 23.2. The first-order valence-corrected chi connectivity index (χ1v) is 9.44. The molecule has 0 atom stereocenters.